The first-order valence-electron chi connectivity index (χ1n) is 13.3. The number of carbonyl (C=O) groups is 2. The quantitative estimate of drug-likeness (QED) is 0.230. The van der Waals surface area contributed by atoms with Gasteiger partial charge in [-0.1, -0.05) is 48.0 Å². The molecule has 0 spiro atoms. The van der Waals surface area contributed by atoms with Crippen LogP contribution in [0.2, 0.25) is 5.02 Å². The molecule has 3 aromatic rings. The highest BCUT2D eigenvalue weighted by atomic mass is 35.5. The van der Waals surface area contributed by atoms with E-state index in [1.54, 1.807) is 42.5 Å². The maximum absolute atomic E-state index is 13.4. The van der Waals surface area contributed by atoms with Crippen LogP contribution in [0, 0.1) is 0 Å². The second kappa shape index (κ2) is 12.5. The van der Waals surface area contributed by atoms with E-state index >= 15 is 0 Å². The third-order valence-corrected chi connectivity index (χ3v) is 7.62. The van der Waals surface area contributed by atoms with Crippen molar-refractivity contribution >= 4 is 46.6 Å². The molecule has 2 saturated heterocycles. The van der Waals surface area contributed by atoms with Gasteiger partial charge >= 0.3 is 0 Å². The Labute approximate surface area is 234 Å². The number of nitrogens with one attached hydrogen (secondary N) is 2. The number of rotatable bonds is 10. The van der Waals surface area contributed by atoms with E-state index in [-0.39, 0.29) is 17.7 Å². The van der Waals surface area contributed by atoms with Gasteiger partial charge in [0, 0.05) is 29.4 Å². The minimum absolute atomic E-state index is 0.0493. The molecule has 7 nitrogen and oxygen atoms in total. The van der Waals surface area contributed by atoms with Crippen LogP contribution in [0.25, 0.3) is 6.08 Å². The Hall–Kier alpha value is -3.65. The summed E-state index contributed by atoms with van der Waals surface area (Å²) >= 11 is 6.01. The highest BCUT2D eigenvalue weighted by molar-refractivity contribution is 6.30. The summed E-state index contributed by atoms with van der Waals surface area (Å²) in [5.41, 5.74) is 9.50. The van der Waals surface area contributed by atoms with E-state index in [0.29, 0.717) is 34.2 Å². The molecule has 8 heteroatoms. The van der Waals surface area contributed by atoms with Crippen molar-refractivity contribution in [3.8, 4) is 0 Å². The third kappa shape index (κ3) is 7.06. The summed E-state index contributed by atoms with van der Waals surface area (Å²) in [5, 5.41) is 6.45. The molecule has 2 fully saturated rings. The predicted molar refractivity (Wildman–Crippen MR) is 157 cm³/mol. The molecule has 4 N–H and O–H groups in total. The van der Waals surface area contributed by atoms with Gasteiger partial charge in [0.25, 0.3) is 0 Å². The average molecular weight is 545 g/mol. The van der Waals surface area contributed by atoms with E-state index in [0.717, 1.165) is 50.1 Å². The number of hydrogen-bond acceptors (Lipinski definition) is 5. The lowest BCUT2D eigenvalue weighted by atomic mass is 9.92. The zero-order valence-corrected chi connectivity index (χ0v) is 22.4. The number of benzene rings is 3. The first kappa shape index (κ1) is 26.9. The Bertz CT molecular complexity index is 1330. The molecule has 2 amide bonds. The highest BCUT2D eigenvalue weighted by Gasteiger charge is 2.38. The van der Waals surface area contributed by atoms with Gasteiger partial charge in [-0.2, -0.15) is 0 Å². The van der Waals surface area contributed by atoms with E-state index < -0.39 is 0 Å². The van der Waals surface area contributed by atoms with Gasteiger partial charge in [-0.15, -0.1) is 0 Å². The summed E-state index contributed by atoms with van der Waals surface area (Å²) in [6.07, 6.45) is 6.33. The van der Waals surface area contributed by atoms with Crippen LogP contribution >= 0.6 is 11.6 Å². The Kier molecular flexibility index (Phi) is 8.61. The number of carbonyl (C=O) groups excluding carboxylic acids is 2. The minimum Gasteiger partial charge on any atom is -0.397 e. The Morgan fingerprint density at radius 1 is 1.05 bits per heavy atom. The first-order valence-corrected chi connectivity index (χ1v) is 13.7. The smallest absolute Gasteiger partial charge is 0.248 e. The van der Waals surface area contributed by atoms with Gasteiger partial charge in [0.1, 0.15) is 0 Å². The van der Waals surface area contributed by atoms with Gasteiger partial charge in [-0.25, -0.2) is 0 Å². The van der Waals surface area contributed by atoms with Gasteiger partial charge in [0.15, 0.2) is 0 Å². The van der Waals surface area contributed by atoms with Crippen molar-refractivity contribution in [2.45, 2.75) is 37.3 Å². The van der Waals surface area contributed by atoms with Crippen LogP contribution in [0.5, 0.6) is 0 Å². The number of morpholine rings is 1. The predicted octanol–water partition coefficient (Wildman–Crippen LogP) is 5.55. The molecule has 3 unspecified atom stereocenters. The molecule has 202 valence electrons. The number of halogens is 1. The van der Waals surface area contributed by atoms with Gasteiger partial charge in [0.05, 0.1) is 30.0 Å². The van der Waals surface area contributed by atoms with Crippen LogP contribution in [0.15, 0.2) is 78.9 Å². The molecule has 3 atom stereocenters. The number of ether oxygens (including phenoxy) is 1. The molecule has 3 aromatic carbocycles. The van der Waals surface area contributed by atoms with Crippen LogP contribution in [0.4, 0.5) is 17.1 Å². The second-order valence-corrected chi connectivity index (χ2v) is 10.5. The van der Waals surface area contributed by atoms with Crippen molar-refractivity contribution < 1.29 is 14.3 Å². The SMILES string of the molecule is Nc1ccccc1NC(=O)C=Cc1ccc(C(CCCN2CC3CC2CO3)C(=O)Nc2ccc(Cl)cc2)cc1. The first-order chi connectivity index (χ1) is 18.9. The molecule has 5 rings (SSSR count). The Morgan fingerprint density at radius 3 is 2.51 bits per heavy atom. The number of anilines is 3. The Balaban J connectivity index is 1.24. The number of fused-ring (bicyclic) bond motifs is 2. The Morgan fingerprint density at radius 2 is 1.82 bits per heavy atom. The lowest BCUT2D eigenvalue weighted by Gasteiger charge is -2.27. The van der Waals surface area contributed by atoms with Gasteiger partial charge in [0.2, 0.25) is 11.8 Å². The molecule has 2 aliphatic rings. The monoisotopic (exact) mass is 544 g/mol. The maximum atomic E-state index is 13.4. The number of likely N-dealkylation sites (tertiary alicyclic amines) is 1. The summed E-state index contributed by atoms with van der Waals surface area (Å²) in [6, 6.07) is 22.6. The van der Waals surface area contributed by atoms with Crippen LogP contribution in [0.3, 0.4) is 0 Å². The number of hydrogen-bond donors (Lipinski definition) is 3. The van der Waals surface area contributed by atoms with Crippen molar-refractivity contribution in [2.75, 3.05) is 36.1 Å². The average Bonchev–Trinajstić information content (AvgIpc) is 3.57. The van der Waals surface area contributed by atoms with Crippen molar-refractivity contribution in [2.24, 2.45) is 0 Å². The van der Waals surface area contributed by atoms with Gasteiger partial charge in [-0.3, -0.25) is 14.5 Å². The topological polar surface area (TPSA) is 96.7 Å². The number of amides is 2. The van der Waals surface area contributed by atoms with Crippen molar-refractivity contribution in [3.05, 3.63) is 95.0 Å². The second-order valence-electron chi connectivity index (χ2n) is 10.1. The molecule has 0 saturated carbocycles. The summed E-state index contributed by atoms with van der Waals surface area (Å²) in [6.45, 7) is 2.76. The molecular formula is C31H33ClN4O3. The highest BCUT2D eigenvalue weighted by Crippen LogP contribution is 2.30. The van der Waals surface area contributed by atoms with Crippen LogP contribution in [-0.4, -0.2) is 48.6 Å². The summed E-state index contributed by atoms with van der Waals surface area (Å²) in [5.74, 6) is -0.621. The molecule has 0 radical (unpaired) electrons. The van der Waals surface area contributed by atoms with Gasteiger partial charge in [-0.05, 0) is 79.4 Å². The molecule has 2 bridgehead atoms. The number of nitrogens with two attached hydrogens (primary N) is 1. The normalized spacial score (nSPS) is 19.3. The number of nitrogen functional groups attached to an aromatic ring is 1. The zero-order chi connectivity index (χ0) is 27.2. The fourth-order valence-corrected chi connectivity index (χ4v) is 5.39. The zero-order valence-electron chi connectivity index (χ0n) is 21.7. The van der Waals surface area contributed by atoms with E-state index in [1.807, 2.05) is 36.4 Å². The molecule has 0 aliphatic carbocycles. The molecular weight excluding hydrogens is 512 g/mol. The number of nitrogens with zero attached hydrogens (tertiary/aromatic N) is 1. The maximum Gasteiger partial charge on any atom is 0.248 e. The summed E-state index contributed by atoms with van der Waals surface area (Å²) in [4.78, 5) is 28.2. The van der Waals surface area contributed by atoms with Crippen molar-refractivity contribution in [1.82, 2.24) is 4.90 Å². The van der Waals surface area contributed by atoms with Crippen molar-refractivity contribution in [3.63, 3.8) is 0 Å². The molecule has 39 heavy (non-hydrogen) atoms. The lowest BCUT2D eigenvalue weighted by molar-refractivity contribution is -0.117. The fraction of sp³-hybridized carbons (Fsp3) is 0.290. The van der Waals surface area contributed by atoms with E-state index in [9.17, 15) is 9.59 Å². The largest absolute Gasteiger partial charge is 0.397 e. The minimum atomic E-state index is -0.306. The van der Waals surface area contributed by atoms with Crippen LogP contribution < -0.4 is 16.4 Å². The summed E-state index contributed by atoms with van der Waals surface area (Å²) < 4.78 is 5.72. The lowest BCUT2D eigenvalue weighted by Crippen LogP contribution is -2.37. The van der Waals surface area contributed by atoms with Gasteiger partial charge < -0.3 is 21.1 Å². The van der Waals surface area contributed by atoms with E-state index in [1.165, 1.54) is 6.08 Å². The molecule has 0 aromatic heterocycles. The number of para-hydroxylation sites is 2. The third-order valence-electron chi connectivity index (χ3n) is 7.36. The van der Waals surface area contributed by atoms with Crippen LogP contribution in [0.1, 0.15) is 36.3 Å². The van der Waals surface area contributed by atoms with E-state index in [2.05, 4.69) is 15.5 Å². The van der Waals surface area contributed by atoms with Crippen molar-refractivity contribution in [1.29, 1.82) is 0 Å². The molecule has 2 heterocycles. The standard InChI is InChI=1S/C31H33ClN4O3/c32-23-12-14-24(15-13-23)34-31(38)27(4-3-17-36-19-26-18-25(36)20-39-26)22-10-7-21(8-11-22)9-16-30(37)35-29-6-2-1-5-28(29)33/h1-2,5-16,25-27H,3-4,17-20,33H2,(H,34,38)(H,35,37). The summed E-state index contributed by atoms with van der Waals surface area (Å²) in [7, 11) is 0. The fourth-order valence-electron chi connectivity index (χ4n) is 5.26. The van der Waals surface area contributed by atoms with E-state index in [4.69, 9.17) is 22.1 Å². The molecule has 2 aliphatic heterocycles. The van der Waals surface area contributed by atoms with Crippen LogP contribution in [-0.2, 0) is 14.3 Å².